The maximum absolute atomic E-state index is 9.67. The van der Waals surface area contributed by atoms with Gasteiger partial charge in [-0.3, -0.25) is 0 Å². The van der Waals surface area contributed by atoms with Gasteiger partial charge in [-0.1, -0.05) is 291 Å². The van der Waals surface area contributed by atoms with Crippen LogP contribution < -0.4 is 26.2 Å². The maximum atomic E-state index is 9.67. The largest absolute Gasteiger partial charge is 0.452 e. The number of para-hydroxylation sites is 6. The van der Waals surface area contributed by atoms with Crippen LogP contribution in [-0.2, 0) is 37.9 Å². The van der Waals surface area contributed by atoms with E-state index in [9.17, 15) is 5.48 Å². The Bertz CT molecular complexity index is 7870. The Hall–Kier alpha value is -12.3. The van der Waals surface area contributed by atoms with Crippen LogP contribution in [0.25, 0.3) is 137 Å². The summed E-state index contributed by atoms with van der Waals surface area (Å²) in [4.78, 5) is 4.95. The van der Waals surface area contributed by atoms with Crippen molar-refractivity contribution in [2.24, 2.45) is 0 Å². The molecule has 7 nitrogen and oxygen atoms in total. The average molecular weight is 1570 g/mol. The molecule has 0 amide bonds. The molecule has 0 fully saturated rings. The monoisotopic (exact) mass is 1570 g/mol. The highest BCUT2D eigenvalue weighted by Gasteiger charge is 2.46. The first-order valence-electron chi connectivity index (χ1n) is 46.6. The van der Waals surface area contributed by atoms with Gasteiger partial charge in [-0.2, -0.15) is 0 Å². The zero-order valence-corrected chi connectivity index (χ0v) is 72.8. The van der Waals surface area contributed by atoms with E-state index >= 15 is 0 Å². The van der Waals surface area contributed by atoms with Crippen LogP contribution in [0.3, 0.4) is 0 Å². The first kappa shape index (κ1) is 66.6. The van der Waals surface area contributed by atoms with E-state index in [-0.39, 0.29) is 54.3 Å². The second-order valence-electron chi connectivity index (χ2n) is 41.3. The van der Waals surface area contributed by atoms with E-state index in [1.54, 1.807) is 4.57 Å². The molecule has 8 heteroatoms. The molecule has 0 saturated carbocycles. The van der Waals surface area contributed by atoms with Crippen LogP contribution in [0.1, 0.15) is 195 Å². The summed E-state index contributed by atoms with van der Waals surface area (Å²) in [6, 6.07) is 76.1. The number of rotatable bonds is 6. The van der Waals surface area contributed by atoms with Crippen LogP contribution >= 0.6 is 0 Å². The fourth-order valence-corrected chi connectivity index (χ4v) is 19.3. The third-order valence-electron chi connectivity index (χ3n) is 26.1. The summed E-state index contributed by atoms with van der Waals surface area (Å²) >= 11 is 0. The Kier molecular flexibility index (Phi) is 14.2. The standard InChI is InChI=1S/C112H106BN5O2/c1-106(2,3)67-43-50-89-81(58-67)82-59-68(107(4,5)6)44-51-90(82)114(89)74-47-49-86-98(64-74)118(96-41-29-35-80-78-33-27-39-94(103(78)120-105(80)96)116-91-52-45-69(108(7,8)9)60-83(91)84-61-70(109(10,11)12)46-53-92(84)116)100-63-73(112(19,20)21)62-99-101(100)113(86)85-48-42-65(66-54-71(110(13,14)15)57-72(55-66)111(16,17)18)56-97(85)117(99)95-40-28-34-79-77-32-26-38-93(102(77)119-104(79)95)115-87-36-24-22-30-75(87)76-31-23-25-37-88(76)115/h22-64H,1-21H3/i22D,23D,24D,25D,30D,31D,36D,37D. The molecule has 5 aromatic heterocycles. The predicted octanol–water partition coefficient (Wildman–Crippen LogP) is 29.6. The van der Waals surface area contributed by atoms with Gasteiger partial charge < -0.3 is 32.3 Å². The van der Waals surface area contributed by atoms with Crippen LogP contribution in [0.4, 0.5) is 34.1 Å². The van der Waals surface area contributed by atoms with Gasteiger partial charge >= 0.3 is 0 Å². The lowest BCUT2D eigenvalue weighted by Crippen LogP contribution is -2.61. The van der Waals surface area contributed by atoms with Crippen molar-refractivity contribution in [3.05, 3.63) is 300 Å². The van der Waals surface area contributed by atoms with E-state index in [1.807, 2.05) is 18.2 Å². The molecule has 7 heterocycles. The highest BCUT2D eigenvalue weighted by Crippen LogP contribution is 2.54. The molecular weight excluding hydrogens is 1460 g/mol. The van der Waals surface area contributed by atoms with Gasteiger partial charge in [0.25, 0.3) is 6.71 Å². The summed E-state index contributed by atoms with van der Waals surface area (Å²) < 4.78 is 96.6. The minimum Gasteiger partial charge on any atom is -0.452 e. The summed E-state index contributed by atoms with van der Waals surface area (Å²) in [6.45, 7) is 47.8. The number of benzene rings is 14. The van der Waals surface area contributed by atoms with Gasteiger partial charge in [0.05, 0.1) is 66.8 Å². The van der Waals surface area contributed by atoms with Gasteiger partial charge in [-0.15, -0.1) is 0 Å². The van der Waals surface area contributed by atoms with E-state index < -0.39 is 60.5 Å². The third-order valence-corrected chi connectivity index (χ3v) is 26.1. The predicted molar refractivity (Wildman–Crippen MR) is 514 cm³/mol. The van der Waals surface area contributed by atoms with Crippen molar-refractivity contribution in [1.29, 1.82) is 0 Å². The van der Waals surface area contributed by atoms with Crippen molar-refractivity contribution >= 4 is 167 Å². The number of hydrogen-bond donors (Lipinski definition) is 0. The highest BCUT2D eigenvalue weighted by atomic mass is 16.3. The summed E-state index contributed by atoms with van der Waals surface area (Å²) in [7, 11) is 0. The van der Waals surface area contributed by atoms with Crippen molar-refractivity contribution in [2.45, 2.75) is 183 Å². The van der Waals surface area contributed by atoms with Crippen LogP contribution in [0.15, 0.2) is 269 Å². The Labute approximate surface area is 716 Å². The molecule has 0 radical (unpaired) electrons. The van der Waals surface area contributed by atoms with E-state index in [1.165, 1.54) is 54.9 Å². The molecule has 0 bridgehead atoms. The van der Waals surface area contributed by atoms with Crippen molar-refractivity contribution in [1.82, 2.24) is 13.7 Å². The molecule has 0 spiro atoms. The van der Waals surface area contributed by atoms with Gasteiger partial charge in [0, 0.05) is 82.3 Å². The number of nitrogens with zero attached hydrogens (tertiary/aromatic N) is 5. The second-order valence-corrected chi connectivity index (χ2v) is 41.3. The highest BCUT2D eigenvalue weighted by molar-refractivity contribution is 7.00. The summed E-state index contributed by atoms with van der Waals surface area (Å²) in [5.74, 6) is 0. The molecule has 2 aliphatic heterocycles. The molecule has 2 aliphatic rings. The number of aromatic nitrogens is 3. The lowest BCUT2D eigenvalue weighted by molar-refractivity contribution is 0.569. The van der Waals surface area contributed by atoms with Crippen molar-refractivity contribution in [3.8, 4) is 28.2 Å². The van der Waals surface area contributed by atoms with Gasteiger partial charge in [0.15, 0.2) is 22.3 Å². The van der Waals surface area contributed by atoms with Crippen LogP contribution in [0.5, 0.6) is 0 Å². The lowest BCUT2D eigenvalue weighted by atomic mass is 9.33. The molecule has 120 heavy (non-hydrogen) atoms. The van der Waals surface area contributed by atoms with Crippen molar-refractivity contribution in [2.75, 3.05) is 9.80 Å². The van der Waals surface area contributed by atoms with Gasteiger partial charge in [0.1, 0.15) is 0 Å². The smallest absolute Gasteiger partial charge is 0.252 e. The Morgan fingerprint density at radius 1 is 0.242 bits per heavy atom. The van der Waals surface area contributed by atoms with E-state index in [2.05, 4.69) is 358 Å². The Balaban J connectivity index is 0.881. The quantitative estimate of drug-likeness (QED) is 0.156. The first-order valence-corrected chi connectivity index (χ1v) is 42.6. The molecule has 21 rings (SSSR count). The minimum atomic E-state index is -0.511. The normalized spacial score (nSPS) is 14.8. The number of anilines is 6. The number of furan rings is 2. The summed E-state index contributed by atoms with van der Waals surface area (Å²) in [6.07, 6.45) is 0. The van der Waals surface area contributed by atoms with Gasteiger partial charge in [0.2, 0.25) is 0 Å². The van der Waals surface area contributed by atoms with Gasteiger partial charge in [-0.25, -0.2) is 0 Å². The van der Waals surface area contributed by atoms with E-state index in [0.717, 1.165) is 128 Å². The molecule has 0 unspecified atom stereocenters. The topological polar surface area (TPSA) is 47.6 Å². The fourth-order valence-electron chi connectivity index (χ4n) is 19.3. The van der Waals surface area contributed by atoms with Crippen LogP contribution in [-0.4, -0.2) is 20.4 Å². The molecule has 0 saturated heterocycles. The minimum absolute atomic E-state index is 0.00763. The Morgan fingerprint density at radius 2 is 0.575 bits per heavy atom. The molecule has 0 aliphatic carbocycles. The molecular formula is C112H106BN5O2. The lowest BCUT2D eigenvalue weighted by Gasteiger charge is -2.45. The van der Waals surface area contributed by atoms with Crippen LogP contribution in [0, 0.1) is 0 Å². The van der Waals surface area contributed by atoms with Crippen molar-refractivity contribution in [3.63, 3.8) is 0 Å². The molecule has 0 atom stereocenters. The fraction of sp³-hybridized carbons (Fsp3) is 0.250. The molecule has 594 valence electrons. The second kappa shape index (κ2) is 25.6. The molecule has 14 aromatic carbocycles. The van der Waals surface area contributed by atoms with Gasteiger partial charge in [-0.05, 0) is 220 Å². The summed E-state index contributed by atoms with van der Waals surface area (Å²) in [5, 5.41) is 8.16. The third kappa shape index (κ3) is 11.5. The van der Waals surface area contributed by atoms with E-state index in [0.29, 0.717) is 22.2 Å². The van der Waals surface area contributed by atoms with Crippen LogP contribution in [0.2, 0.25) is 0 Å². The summed E-state index contributed by atoms with van der Waals surface area (Å²) in [5.41, 5.74) is 27.2. The Morgan fingerprint density at radius 3 is 0.967 bits per heavy atom. The number of hydrogen-bond acceptors (Lipinski definition) is 4. The molecule has 0 N–H and O–H groups in total. The van der Waals surface area contributed by atoms with Crippen molar-refractivity contribution < 1.29 is 19.8 Å². The zero-order chi connectivity index (χ0) is 90.4. The average Bonchev–Trinajstić information content (AvgIpc) is 0.837. The molecule has 19 aromatic rings. The number of fused-ring (bicyclic) bond motifs is 19. The SMILES string of the molecule is [2H]c1c([2H])c([2H])c2c(c1[2H])c1c([2H])c([2H])c([2H])c([2H])c1n2-c1cccc2c1oc1c(N3c4cc(-c5cc(C(C)(C)C)cc(C(C)(C)C)c5)ccc4B4c5ccc(-n6c7ccc(C(C)(C)C)cc7c7cc(C(C)(C)C)ccc76)cc5N(c5cccc6c5oc5c(-n7c8ccc(C(C)(C)C)cc8c8cc(C(C)(C)C)ccc87)cccc56)c5cc(C(C)(C)C)cc3c54)cccc12. The zero-order valence-electron chi connectivity index (χ0n) is 80.8. The maximum Gasteiger partial charge on any atom is 0.252 e. The van der Waals surface area contributed by atoms with E-state index in [4.69, 9.17) is 14.3 Å². The first-order chi connectivity index (χ1) is 60.3.